The zero-order chi connectivity index (χ0) is 27.3. The molecule has 10 nitrogen and oxygen atoms in total. The SMILES string of the molecule is C[C@@H]1CN([C@H](C)CO)C(=O)Cc2cc(NS(C)(=O)=O)ccc2O[C@H]1CN(C)Cc1ccc(C(=O)O)cc1. The lowest BCUT2D eigenvalue weighted by Gasteiger charge is -2.34. The first-order valence-corrected chi connectivity index (χ1v) is 13.9. The minimum absolute atomic E-state index is 0.00413. The molecule has 37 heavy (non-hydrogen) atoms. The lowest BCUT2D eigenvalue weighted by Crippen LogP contribution is -2.47. The minimum atomic E-state index is -3.50. The van der Waals surface area contributed by atoms with E-state index in [1.165, 1.54) is 0 Å². The van der Waals surface area contributed by atoms with Crippen LogP contribution in [0, 0.1) is 5.92 Å². The molecule has 1 aliphatic rings. The maximum Gasteiger partial charge on any atom is 0.335 e. The summed E-state index contributed by atoms with van der Waals surface area (Å²) in [5.41, 5.74) is 2.07. The van der Waals surface area contributed by atoms with Crippen molar-refractivity contribution < 1.29 is 33.0 Å². The molecule has 2 aromatic carbocycles. The highest BCUT2D eigenvalue weighted by molar-refractivity contribution is 7.92. The number of sulfonamides is 1. The normalized spacial score (nSPS) is 19.3. The lowest BCUT2D eigenvalue weighted by molar-refractivity contribution is -0.134. The highest BCUT2D eigenvalue weighted by Gasteiger charge is 2.31. The van der Waals surface area contributed by atoms with Gasteiger partial charge in [-0.1, -0.05) is 19.1 Å². The Hall–Kier alpha value is -3.15. The Labute approximate surface area is 217 Å². The van der Waals surface area contributed by atoms with E-state index in [1.54, 1.807) is 54.3 Å². The number of nitrogens with one attached hydrogen (secondary N) is 1. The fourth-order valence-corrected chi connectivity index (χ4v) is 4.92. The van der Waals surface area contributed by atoms with Gasteiger partial charge in [0.05, 0.1) is 30.9 Å². The summed E-state index contributed by atoms with van der Waals surface area (Å²) in [6.45, 7) is 5.06. The number of carboxylic acids is 1. The van der Waals surface area contributed by atoms with Crippen molar-refractivity contribution in [1.82, 2.24) is 9.80 Å². The molecule has 11 heteroatoms. The number of carbonyl (C=O) groups excluding carboxylic acids is 1. The third-order valence-electron chi connectivity index (χ3n) is 6.36. The second-order valence-electron chi connectivity index (χ2n) is 9.78. The number of carbonyl (C=O) groups is 2. The molecule has 202 valence electrons. The Bertz CT molecular complexity index is 1220. The number of hydrogen-bond donors (Lipinski definition) is 3. The van der Waals surface area contributed by atoms with E-state index in [-0.39, 0.29) is 42.6 Å². The van der Waals surface area contributed by atoms with E-state index in [2.05, 4.69) is 9.62 Å². The zero-order valence-electron chi connectivity index (χ0n) is 21.5. The van der Waals surface area contributed by atoms with Crippen molar-refractivity contribution in [3.63, 3.8) is 0 Å². The third-order valence-corrected chi connectivity index (χ3v) is 6.97. The summed E-state index contributed by atoms with van der Waals surface area (Å²) in [6, 6.07) is 11.2. The number of aliphatic hydroxyl groups excluding tert-OH is 1. The van der Waals surface area contributed by atoms with Gasteiger partial charge < -0.3 is 19.8 Å². The molecule has 0 saturated heterocycles. The number of aliphatic hydroxyl groups is 1. The van der Waals surface area contributed by atoms with Gasteiger partial charge >= 0.3 is 5.97 Å². The predicted molar refractivity (Wildman–Crippen MR) is 140 cm³/mol. The summed E-state index contributed by atoms with van der Waals surface area (Å²) in [4.78, 5) is 28.1. The molecule has 0 bridgehead atoms. The molecule has 0 radical (unpaired) electrons. The van der Waals surface area contributed by atoms with Gasteiger partial charge in [-0.15, -0.1) is 0 Å². The van der Waals surface area contributed by atoms with E-state index < -0.39 is 16.0 Å². The number of likely N-dealkylation sites (N-methyl/N-ethyl adjacent to an activating group) is 1. The van der Waals surface area contributed by atoms with Gasteiger partial charge in [0.15, 0.2) is 0 Å². The number of carboxylic acid groups (broad SMARTS) is 1. The van der Waals surface area contributed by atoms with Crippen LogP contribution in [-0.2, 0) is 27.8 Å². The van der Waals surface area contributed by atoms with E-state index in [0.29, 0.717) is 36.6 Å². The van der Waals surface area contributed by atoms with Crippen LogP contribution in [0.1, 0.15) is 35.3 Å². The van der Waals surface area contributed by atoms with E-state index in [1.807, 2.05) is 14.0 Å². The van der Waals surface area contributed by atoms with Crippen LogP contribution in [-0.4, -0.2) is 85.5 Å². The number of fused-ring (bicyclic) bond motifs is 1. The largest absolute Gasteiger partial charge is 0.488 e. The van der Waals surface area contributed by atoms with Gasteiger partial charge in [-0.3, -0.25) is 14.4 Å². The van der Waals surface area contributed by atoms with Crippen molar-refractivity contribution in [3.8, 4) is 5.75 Å². The van der Waals surface area contributed by atoms with Crippen molar-refractivity contribution in [2.24, 2.45) is 5.92 Å². The molecule has 0 spiro atoms. The Morgan fingerprint density at radius 3 is 2.51 bits per heavy atom. The predicted octanol–water partition coefficient (Wildman–Crippen LogP) is 2.04. The number of ether oxygens (including phenoxy) is 1. The van der Waals surface area contributed by atoms with Crippen LogP contribution in [0.3, 0.4) is 0 Å². The minimum Gasteiger partial charge on any atom is -0.488 e. The van der Waals surface area contributed by atoms with Gasteiger partial charge in [-0.25, -0.2) is 13.2 Å². The first-order valence-electron chi connectivity index (χ1n) is 12.0. The van der Waals surface area contributed by atoms with Crippen LogP contribution in [0.2, 0.25) is 0 Å². The molecule has 0 fully saturated rings. The fraction of sp³-hybridized carbons (Fsp3) is 0.462. The van der Waals surface area contributed by atoms with Crippen LogP contribution in [0.25, 0.3) is 0 Å². The maximum absolute atomic E-state index is 13.2. The number of rotatable bonds is 9. The standard InChI is InChI=1S/C26H35N3O7S/c1-17-13-29(18(2)16-30)25(31)12-21-11-22(27-37(4,34)35)9-10-23(21)36-24(17)15-28(3)14-19-5-7-20(8-6-19)26(32)33/h5-11,17-18,24,27,30H,12-16H2,1-4H3,(H,32,33)/t17-,18-,24+/m1/s1. The van der Waals surface area contributed by atoms with Crippen LogP contribution in [0.4, 0.5) is 5.69 Å². The number of hydrogen-bond acceptors (Lipinski definition) is 7. The van der Waals surface area contributed by atoms with Crippen molar-refractivity contribution in [1.29, 1.82) is 0 Å². The fourth-order valence-electron chi connectivity index (χ4n) is 4.36. The molecule has 1 aliphatic heterocycles. The molecule has 0 aromatic heterocycles. The van der Waals surface area contributed by atoms with Crippen LogP contribution >= 0.6 is 0 Å². The molecule has 3 rings (SSSR count). The summed E-state index contributed by atoms with van der Waals surface area (Å²) >= 11 is 0. The second kappa shape index (κ2) is 11.9. The molecule has 3 N–H and O–H groups in total. The Morgan fingerprint density at radius 1 is 1.24 bits per heavy atom. The molecular weight excluding hydrogens is 498 g/mol. The van der Waals surface area contributed by atoms with E-state index in [9.17, 15) is 23.1 Å². The van der Waals surface area contributed by atoms with Crippen LogP contribution in [0.15, 0.2) is 42.5 Å². The first-order chi connectivity index (χ1) is 17.4. The molecule has 1 heterocycles. The molecule has 0 unspecified atom stereocenters. The molecular formula is C26H35N3O7S. The number of aromatic carboxylic acids is 1. The lowest BCUT2D eigenvalue weighted by atomic mass is 10.0. The van der Waals surface area contributed by atoms with Crippen LogP contribution in [0.5, 0.6) is 5.75 Å². The number of amides is 1. The number of nitrogens with zero attached hydrogens (tertiary/aromatic N) is 2. The summed E-state index contributed by atoms with van der Waals surface area (Å²) in [5, 5.41) is 18.9. The Morgan fingerprint density at radius 2 is 1.92 bits per heavy atom. The Kier molecular flexibility index (Phi) is 9.16. The third kappa shape index (κ3) is 7.91. The van der Waals surface area contributed by atoms with Crippen LogP contribution < -0.4 is 9.46 Å². The monoisotopic (exact) mass is 533 g/mol. The summed E-state index contributed by atoms with van der Waals surface area (Å²) in [7, 11) is -1.56. The summed E-state index contributed by atoms with van der Waals surface area (Å²) < 4.78 is 32.3. The van der Waals surface area contributed by atoms with E-state index >= 15 is 0 Å². The topological polar surface area (TPSA) is 136 Å². The average Bonchev–Trinajstić information content (AvgIpc) is 2.86. The van der Waals surface area contributed by atoms with Gasteiger partial charge in [0.2, 0.25) is 15.9 Å². The van der Waals surface area contributed by atoms with Crippen molar-refractivity contribution in [2.75, 3.05) is 37.7 Å². The van der Waals surface area contributed by atoms with Crippen molar-refractivity contribution >= 4 is 27.6 Å². The number of anilines is 1. The summed E-state index contributed by atoms with van der Waals surface area (Å²) in [5.74, 6) is -0.740. The smallest absolute Gasteiger partial charge is 0.335 e. The second-order valence-corrected chi connectivity index (χ2v) is 11.5. The molecule has 0 aliphatic carbocycles. The highest BCUT2D eigenvalue weighted by atomic mass is 32.2. The highest BCUT2D eigenvalue weighted by Crippen LogP contribution is 2.29. The molecule has 1 amide bonds. The molecule has 2 aromatic rings. The van der Waals surface area contributed by atoms with E-state index in [0.717, 1.165) is 11.8 Å². The Balaban J connectivity index is 1.88. The van der Waals surface area contributed by atoms with Gasteiger partial charge in [-0.05, 0) is 49.9 Å². The van der Waals surface area contributed by atoms with Gasteiger partial charge in [-0.2, -0.15) is 0 Å². The number of benzene rings is 2. The van der Waals surface area contributed by atoms with Crippen molar-refractivity contribution in [2.45, 2.75) is 39.0 Å². The zero-order valence-corrected chi connectivity index (χ0v) is 22.4. The van der Waals surface area contributed by atoms with Gasteiger partial charge in [0, 0.05) is 36.8 Å². The maximum atomic E-state index is 13.2. The summed E-state index contributed by atoms with van der Waals surface area (Å²) in [6.07, 6.45) is 0.739. The molecule has 0 saturated carbocycles. The first kappa shape index (κ1) is 28.4. The average molecular weight is 534 g/mol. The van der Waals surface area contributed by atoms with Gasteiger partial charge in [0.1, 0.15) is 11.9 Å². The quantitative estimate of drug-likeness (QED) is 0.446. The van der Waals surface area contributed by atoms with Crippen molar-refractivity contribution in [3.05, 3.63) is 59.2 Å². The molecule has 3 atom stereocenters. The van der Waals surface area contributed by atoms with E-state index in [4.69, 9.17) is 9.84 Å². The van der Waals surface area contributed by atoms with Gasteiger partial charge in [0.25, 0.3) is 0 Å².